The number of halogens is 1. The van der Waals surface area contributed by atoms with Crippen LogP contribution in [0.5, 0.6) is 0 Å². The van der Waals surface area contributed by atoms with Gasteiger partial charge in [0.1, 0.15) is 5.82 Å². The van der Waals surface area contributed by atoms with Gasteiger partial charge in [0, 0.05) is 5.46 Å². The normalized spacial score (nSPS) is 10.4. The second kappa shape index (κ2) is 5.80. The third kappa shape index (κ3) is 3.18. The van der Waals surface area contributed by atoms with Crippen LogP contribution in [-0.4, -0.2) is 17.2 Å². The summed E-state index contributed by atoms with van der Waals surface area (Å²) in [4.78, 5) is 0. The third-order valence-electron chi connectivity index (χ3n) is 2.89. The Kier molecular flexibility index (Phi) is 4.13. The average molecular weight is 244 g/mol. The van der Waals surface area contributed by atoms with Crippen molar-refractivity contribution in [3.63, 3.8) is 0 Å². The monoisotopic (exact) mass is 244 g/mol. The Morgan fingerprint density at radius 1 is 0.889 bits per heavy atom. The Labute approximate surface area is 106 Å². The minimum absolute atomic E-state index is 0.0848. The molecule has 0 heterocycles. The van der Waals surface area contributed by atoms with Gasteiger partial charge in [-0.05, 0) is 30.0 Å². The van der Waals surface area contributed by atoms with Crippen LogP contribution in [-0.2, 0) is 12.8 Å². The summed E-state index contributed by atoms with van der Waals surface area (Å²) in [6.07, 6.45) is 1.56. The molecule has 0 aliphatic heterocycles. The number of hydrogen-bond acceptors (Lipinski definition) is 2. The van der Waals surface area contributed by atoms with E-state index in [-0.39, 0.29) is 5.46 Å². The zero-order chi connectivity index (χ0) is 13.0. The predicted octanol–water partition coefficient (Wildman–Crippen LogP) is 1.29. The summed E-state index contributed by atoms with van der Waals surface area (Å²) in [7, 11) is -1.76. The van der Waals surface area contributed by atoms with Crippen molar-refractivity contribution in [1.82, 2.24) is 0 Å². The van der Waals surface area contributed by atoms with Crippen LogP contribution < -0.4 is 5.46 Å². The molecule has 0 fully saturated rings. The van der Waals surface area contributed by atoms with Crippen LogP contribution in [0.1, 0.15) is 11.1 Å². The van der Waals surface area contributed by atoms with Gasteiger partial charge in [0.05, 0.1) is 0 Å². The average Bonchev–Trinajstić information content (AvgIpc) is 2.37. The molecular weight excluding hydrogens is 230 g/mol. The molecule has 0 saturated carbocycles. The summed E-state index contributed by atoms with van der Waals surface area (Å²) < 4.78 is 13.5. The zero-order valence-corrected chi connectivity index (χ0v) is 9.88. The number of benzene rings is 2. The Morgan fingerprint density at radius 3 is 2.17 bits per heavy atom. The van der Waals surface area contributed by atoms with Crippen LogP contribution in [0.3, 0.4) is 0 Å². The molecule has 2 N–H and O–H groups in total. The van der Waals surface area contributed by atoms with Gasteiger partial charge in [-0.15, -0.1) is 0 Å². The first kappa shape index (κ1) is 12.8. The van der Waals surface area contributed by atoms with Crippen molar-refractivity contribution in [2.24, 2.45) is 0 Å². The van der Waals surface area contributed by atoms with Gasteiger partial charge < -0.3 is 10.0 Å². The number of rotatable bonds is 4. The van der Waals surface area contributed by atoms with Crippen LogP contribution in [0, 0.1) is 5.82 Å². The Morgan fingerprint density at radius 2 is 1.56 bits per heavy atom. The Hall–Kier alpha value is -1.65. The highest BCUT2D eigenvalue weighted by atomic mass is 19.1. The molecule has 0 radical (unpaired) electrons. The molecule has 18 heavy (non-hydrogen) atoms. The van der Waals surface area contributed by atoms with E-state index in [2.05, 4.69) is 0 Å². The van der Waals surface area contributed by atoms with Gasteiger partial charge in [0.15, 0.2) is 0 Å². The first-order valence-electron chi connectivity index (χ1n) is 5.85. The zero-order valence-electron chi connectivity index (χ0n) is 9.88. The molecule has 2 aromatic carbocycles. The molecule has 2 rings (SSSR count). The standard InChI is InChI=1S/C14H14BFO2/c16-14-10-12(8-9-13(14)15(17)18)7-6-11-4-2-1-3-5-11/h1-5,8-10,17-18H,6-7H2. The van der Waals surface area contributed by atoms with Crippen LogP contribution in [0.15, 0.2) is 48.5 Å². The molecule has 0 bridgehead atoms. The molecule has 0 aliphatic rings. The summed E-state index contributed by atoms with van der Waals surface area (Å²) in [5, 5.41) is 17.8. The summed E-state index contributed by atoms with van der Waals surface area (Å²) in [6.45, 7) is 0. The minimum atomic E-state index is -1.76. The van der Waals surface area contributed by atoms with Crippen molar-refractivity contribution < 1.29 is 14.4 Å². The Balaban J connectivity index is 2.05. The maximum absolute atomic E-state index is 13.5. The minimum Gasteiger partial charge on any atom is -0.423 e. The predicted molar refractivity (Wildman–Crippen MR) is 70.1 cm³/mol. The van der Waals surface area contributed by atoms with E-state index in [0.717, 1.165) is 18.4 Å². The first-order chi connectivity index (χ1) is 8.66. The highest BCUT2D eigenvalue weighted by Gasteiger charge is 2.16. The molecule has 92 valence electrons. The van der Waals surface area contributed by atoms with Crippen molar-refractivity contribution in [3.05, 3.63) is 65.5 Å². The van der Waals surface area contributed by atoms with Crippen LogP contribution in [0.2, 0.25) is 0 Å². The summed E-state index contributed by atoms with van der Waals surface area (Å²) in [5.41, 5.74) is 1.96. The second-order valence-electron chi connectivity index (χ2n) is 4.22. The topological polar surface area (TPSA) is 40.5 Å². The lowest BCUT2D eigenvalue weighted by atomic mass is 9.79. The van der Waals surface area contributed by atoms with E-state index in [1.54, 1.807) is 6.07 Å². The van der Waals surface area contributed by atoms with E-state index in [9.17, 15) is 4.39 Å². The van der Waals surface area contributed by atoms with Gasteiger partial charge >= 0.3 is 7.12 Å². The quantitative estimate of drug-likeness (QED) is 0.795. The second-order valence-corrected chi connectivity index (χ2v) is 4.22. The molecule has 2 nitrogen and oxygen atoms in total. The van der Waals surface area contributed by atoms with E-state index in [4.69, 9.17) is 10.0 Å². The van der Waals surface area contributed by atoms with Gasteiger partial charge in [0.2, 0.25) is 0 Å². The number of hydrogen-bond donors (Lipinski definition) is 2. The molecule has 0 amide bonds. The van der Waals surface area contributed by atoms with Gasteiger partial charge in [-0.3, -0.25) is 0 Å². The van der Waals surface area contributed by atoms with Crippen LogP contribution in [0.4, 0.5) is 4.39 Å². The van der Waals surface area contributed by atoms with Gasteiger partial charge in [-0.1, -0.05) is 42.5 Å². The SMILES string of the molecule is OB(O)c1ccc(CCc2ccccc2)cc1F. The largest absolute Gasteiger partial charge is 0.491 e. The fourth-order valence-electron chi connectivity index (χ4n) is 1.87. The van der Waals surface area contributed by atoms with E-state index >= 15 is 0 Å². The fourth-order valence-corrected chi connectivity index (χ4v) is 1.87. The van der Waals surface area contributed by atoms with Gasteiger partial charge in [-0.25, -0.2) is 4.39 Å². The molecule has 0 spiro atoms. The van der Waals surface area contributed by atoms with Crippen molar-refractivity contribution in [2.45, 2.75) is 12.8 Å². The van der Waals surface area contributed by atoms with Crippen molar-refractivity contribution in [2.75, 3.05) is 0 Å². The van der Waals surface area contributed by atoms with Crippen LogP contribution >= 0.6 is 0 Å². The maximum atomic E-state index is 13.5. The van der Waals surface area contributed by atoms with E-state index in [0.29, 0.717) is 0 Å². The lowest BCUT2D eigenvalue weighted by Crippen LogP contribution is -2.32. The van der Waals surface area contributed by atoms with Crippen molar-refractivity contribution in [1.29, 1.82) is 0 Å². The van der Waals surface area contributed by atoms with Gasteiger partial charge in [-0.2, -0.15) is 0 Å². The fraction of sp³-hybridized carbons (Fsp3) is 0.143. The highest BCUT2D eigenvalue weighted by molar-refractivity contribution is 6.58. The third-order valence-corrected chi connectivity index (χ3v) is 2.89. The number of aryl methyl sites for hydroxylation is 2. The molecule has 0 saturated heterocycles. The smallest absolute Gasteiger partial charge is 0.423 e. The van der Waals surface area contributed by atoms with E-state index in [1.807, 2.05) is 30.3 Å². The van der Waals surface area contributed by atoms with Gasteiger partial charge in [0.25, 0.3) is 0 Å². The summed E-state index contributed by atoms with van der Waals surface area (Å²) >= 11 is 0. The highest BCUT2D eigenvalue weighted by Crippen LogP contribution is 2.08. The molecule has 0 aromatic heterocycles. The summed E-state index contributed by atoms with van der Waals surface area (Å²) in [5.74, 6) is -0.574. The van der Waals surface area contributed by atoms with E-state index in [1.165, 1.54) is 17.7 Å². The summed E-state index contributed by atoms with van der Waals surface area (Å²) in [6, 6.07) is 14.5. The molecule has 2 aromatic rings. The van der Waals surface area contributed by atoms with Crippen molar-refractivity contribution in [3.8, 4) is 0 Å². The Bertz CT molecular complexity index is 514. The van der Waals surface area contributed by atoms with E-state index < -0.39 is 12.9 Å². The lowest BCUT2D eigenvalue weighted by molar-refractivity contribution is 0.423. The first-order valence-corrected chi connectivity index (χ1v) is 5.85. The molecule has 0 atom stereocenters. The molecule has 0 aliphatic carbocycles. The lowest BCUT2D eigenvalue weighted by Gasteiger charge is -2.05. The van der Waals surface area contributed by atoms with Crippen LogP contribution in [0.25, 0.3) is 0 Å². The maximum Gasteiger partial charge on any atom is 0.491 e. The van der Waals surface area contributed by atoms with Crippen molar-refractivity contribution >= 4 is 12.6 Å². The molecule has 4 heteroatoms. The molecule has 0 unspecified atom stereocenters. The molecular formula is C14H14BFO2.